The molecule has 0 radical (unpaired) electrons. The predicted octanol–water partition coefficient (Wildman–Crippen LogP) is 1.03. The summed E-state index contributed by atoms with van der Waals surface area (Å²) in [5, 5.41) is 6.06. The molecular weight excluding hydrogens is 254 g/mol. The molecule has 2 saturated carbocycles. The number of likely N-dealkylation sites (N-methyl/N-ethyl adjacent to an activating group) is 1. The van der Waals surface area contributed by atoms with Crippen LogP contribution in [0.3, 0.4) is 0 Å². The van der Waals surface area contributed by atoms with Crippen molar-refractivity contribution in [2.45, 2.75) is 70.0 Å². The van der Waals surface area contributed by atoms with E-state index in [1.807, 2.05) is 18.9 Å². The van der Waals surface area contributed by atoms with Crippen molar-refractivity contribution >= 4 is 11.8 Å². The molecule has 5 heteroatoms. The number of carbonyl (C=O) groups excluding carboxylic acids is 2. The summed E-state index contributed by atoms with van der Waals surface area (Å²) in [7, 11) is 1.83. The maximum Gasteiger partial charge on any atom is 0.237 e. The van der Waals surface area contributed by atoms with Crippen molar-refractivity contribution in [2.24, 2.45) is 0 Å². The first-order valence-corrected chi connectivity index (χ1v) is 7.86. The molecule has 2 rings (SSSR count). The standard InChI is InChI=1S/C15H27N3O2/c1-11(15(20)17-12-6-4-3-5-7-12)18(2)10-14(19)16-13-8-9-13/h11-13H,3-10H2,1-2H3,(H,16,19)(H,17,20)/t11-/m1/s1. The monoisotopic (exact) mass is 281 g/mol. The van der Waals surface area contributed by atoms with Crippen LogP contribution in [0.15, 0.2) is 0 Å². The van der Waals surface area contributed by atoms with Crippen molar-refractivity contribution < 1.29 is 9.59 Å². The summed E-state index contributed by atoms with van der Waals surface area (Å²) in [6.07, 6.45) is 8.05. The molecule has 0 heterocycles. The molecule has 0 aromatic carbocycles. The van der Waals surface area contributed by atoms with Crippen LogP contribution in [-0.2, 0) is 9.59 Å². The van der Waals surface area contributed by atoms with Gasteiger partial charge in [-0.25, -0.2) is 0 Å². The van der Waals surface area contributed by atoms with Gasteiger partial charge in [-0.1, -0.05) is 19.3 Å². The van der Waals surface area contributed by atoms with Crippen molar-refractivity contribution in [3.8, 4) is 0 Å². The lowest BCUT2D eigenvalue weighted by Gasteiger charge is -2.28. The molecule has 5 nitrogen and oxygen atoms in total. The maximum absolute atomic E-state index is 12.2. The van der Waals surface area contributed by atoms with Gasteiger partial charge in [0.2, 0.25) is 11.8 Å². The summed E-state index contributed by atoms with van der Waals surface area (Å²) in [6.45, 7) is 2.15. The number of rotatable bonds is 6. The Balaban J connectivity index is 1.71. The molecule has 114 valence electrons. The first-order valence-electron chi connectivity index (χ1n) is 7.86. The number of carbonyl (C=O) groups is 2. The highest BCUT2D eigenvalue weighted by molar-refractivity contribution is 5.83. The van der Waals surface area contributed by atoms with E-state index in [1.165, 1.54) is 19.3 Å². The van der Waals surface area contributed by atoms with Crippen molar-refractivity contribution in [1.82, 2.24) is 15.5 Å². The Labute approximate surface area is 121 Å². The minimum absolute atomic E-state index is 0.0207. The second-order valence-electron chi connectivity index (χ2n) is 6.28. The van der Waals surface area contributed by atoms with Gasteiger partial charge in [-0.3, -0.25) is 14.5 Å². The number of hydrogen-bond donors (Lipinski definition) is 2. The summed E-state index contributed by atoms with van der Waals surface area (Å²) in [5.74, 6) is 0.0611. The maximum atomic E-state index is 12.2. The molecule has 0 bridgehead atoms. The van der Waals surface area contributed by atoms with E-state index in [1.54, 1.807) is 0 Å². The number of nitrogens with zero attached hydrogens (tertiary/aromatic N) is 1. The lowest BCUT2D eigenvalue weighted by atomic mass is 9.95. The Morgan fingerprint density at radius 3 is 2.25 bits per heavy atom. The number of amides is 2. The highest BCUT2D eigenvalue weighted by Gasteiger charge is 2.26. The van der Waals surface area contributed by atoms with Gasteiger partial charge in [0.25, 0.3) is 0 Å². The first kappa shape index (κ1) is 15.3. The highest BCUT2D eigenvalue weighted by atomic mass is 16.2. The largest absolute Gasteiger partial charge is 0.352 e. The van der Waals surface area contributed by atoms with Crippen LogP contribution in [0.4, 0.5) is 0 Å². The van der Waals surface area contributed by atoms with Crippen molar-refractivity contribution in [3.63, 3.8) is 0 Å². The van der Waals surface area contributed by atoms with Crippen LogP contribution < -0.4 is 10.6 Å². The van der Waals surface area contributed by atoms with Crippen LogP contribution in [-0.4, -0.2) is 48.4 Å². The van der Waals surface area contributed by atoms with Gasteiger partial charge in [-0.2, -0.15) is 0 Å². The quantitative estimate of drug-likeness (QED) is 0.764. The Kier molecular flexibility index (Phi) is 5.40. The van der Waals surface area contributed by atoms with Crippen LogP contribution in [0.25, 0.3) is 0 Å². The molecule has 0 spiro atoms. The van der Waals surface area contributed by atoms with Gasteiger partial charge < -0.3 is 10.6 Å². The van der Waals surface area contributed by atoms with Gasteiger partial charge in [-0.15, -0.1) is 0 Å². The topological polar surface area (TPSA) is 61.4 Å². The summed E-state index contributed by atoms with van der Waals surface area (Å²) in [5.41, 5.74) is 0. The summed E-state index contributed by atoms with van der Waals surface area (Å²) < 4.78 is 0. The third-order valence-electron chi connectivity index (χ3n) is 4.33. The second kappa shape index (κ2) is 7.07. The summed E-state index contributed by atoms with van der Waals surface area (Å²) in [6, 6.07) is 0.441. The van der Waals surface area contributed by atoms with Crippen LogP contribution in [0, 0.1) is 0 Å². The molecule has 0 aromatic rings. The minimum Gasteiger partial charge on any atom is -0.352 e. The van der Waals surface area contributed by atoms with Gasteiger partial charge in [0.05, 0.1) is 12.6 Å². The van der Waals surface area contributed by atoms with E-state index in [-0.39, 0.29) is 24.4 Å². The van der Waals surface area contributed by atoms with Crippen molar-refractivity contribution in [1.29, 1.82) is 0 Å². The van der Waals surface area contributed by atoms with E-state index < -0.39 is 0 Å². The molecule has 0 aliphatic heterocycles. The molecule has 0 aromatic heterocycles. The van der Waals surface area contributed by atoms with Crippen LogP contribution >= 0.6 is 0 Å². The molecule has 20 heavy (non-hydrogen) atoms. The van der Waals surface area contributed by atoms with Crippen LogP contribution in [0.5, 0.6) is 0 Å². The smallest absolute Gasteiger partial charge is 0.237 e. The highest BCUT2D eigenvalue weighted by Crippen LogP contribution is 2.19. The normalized spacial score (nSPS) is 21.6. The fraction of sp³-hybridized carbons (Fsp3) is 0.867. The van der Waals surface area contributed by atoms with E-state index in [0.29, 0.717) is 12.1 Å². The zero-order valence-electron chi connectivity index (χ0n) is 12.7. The molecule has 1 atom stereocenters. The van der Waals surface area contributed by atoms with Crippen LogP contribution in [0.2, 0.25) is 0 Å². The SMILES string of the molecule is C[C@H](C(=O)NC1CCCCC1)N(C)CC(=O)NC1CC1. The predicted molar refractivity (Wildman–Crippen MR) is 78.3 cm³/mol. The first-order chi connectivity index (χ1) is 9.56. The van der Waals surface area contributed by atoms with E-state index in [0.717, 1.165) is 25.7 Å². The molecule has 0 unspecified atom stereocenters. The molecule has 2 N–H and O–H groups in total. The van der Waals surface area contributed by atoms with Gasteiger partial charge in [0, 0.05) is 12.1 Å². The molecule has 2 fully saturated rings. The minimum atomic E-state index is -0.262. The van der Waals surface area contributed by atoms with E-state index in [2.05, 4.69) is 10.6 Å². The van der Waals surface area contributed by atoms with E-state index >= 15 is 0 Å². The zero-order chi connectivity index (χ0) is 14.5. The second-order valence-corrected chi connectivity index (χ2v) is 6.28. The number of nitrogens with one attached hydrogen (secondary N) is 2. The third kappa shape index (κ3) is 4.78. The van der Waals surface area contributed by atoms with Crippen molar-refractivity contribution in [2.75, 3.05) is 13.6 Å². The lowest BCUT2D eigenvalue weighted by molar-refractivity contribution is -0.128. The lowest BCUT2D eigenvalue weighted by Crippen LogP contribution is -2.49. The molecule has 2 aliphatic rings. The fourth-order valence-electron chi connectivity index (χ4n) is 2.63. The third-order valence-corrected chi connectivity index (χ3v) is 4.33. The fourth-order valence-corrected chi connectivity index (χ4v) is 2.63. The zero-order valence-corrected chi connectivity index (χ0v) is 12.7. The van der Waals surface area contributed by atoms with Gasteiger partial charge in [0.15, 0.2) is 0 Å². The van der Waals surface area contributed by atoms with Gasteiger partial charge in [0.1, 0.15) is 0 Å². The van der Waals surface area contributed by atoms with E-state index in [4.69, 9.17) is 0 Å². The van der Waals surface area contributed by atoms with Gasteiger partial charge in [-0.05, 0) is 39.7 Å². The average molecular weight is 281 g/mol. The molecular formula is C15H27N3O2. The van der Waals surface area contributed by atoms with Gasteiger partial charge >= 0.3 is 0 Å². The molecule has 2 amide bonds. The summed E-state index contributed by atoms with van der Waals surface area (Å²) in [4.78, 5) is 25.7. The van der Waals surface area contributed by atoms with Crippen molar-refractivity contribution in [3.05, 3.63) is 0 Å². The van der Waals surface area contributed by atoms with E-state index in [9.17, 15) is 9.59 Å². The Morgan fingerprint density at radius 1 is 1.05 bits per heavy atom. The molecule has 0 saturated heterocycles. The Bertz CT molecular complexity index is 349. The number of hydrogen-bond acceptors (Lipinski definition) is 3. The van der Waals surface area contributed by atoms with Crippen LogP contribution in [0.1, 0.15) is 51.9 Å². The summed E-state index contributed by atoms with van der Waals surface area (Å²) >= 11 is 0. The molecule has 2 aliphatic carbocycles. The Morgan fingerprint density at radius 2 is 1.65 bits per heavy atom. The average Bonchev–Trinajstić information content (AvgIpc) is 3.22. The Hall–Kier alpha value is -1.10.